The van der Waals surface area contributed by atoms with Crippen LogP contribution >= 0.6 is 0 Å². The van der Waals surface area contributed by atoms with E-state index in [0.717, 1.165) is 0 Å². The normalized spacial score (nSPS) is 15.0. The minimum atomic E-state index is 1.19. The lowest BCUT2D eigenvalue weighted by Gasteiger charge is -2.16. The van der Waals surface area contributed by atoms with Crippen molar-refractivity contribution >= 4 is 0 Å². The lowest BCUT2D eigenvalue weighted by atomic mass is 9.89. The fourth-order valence-electron chi connectivity index (χ4n) is 5.83. The van der Waals surface area contributed by atoms with Gasteiger partial charge >= 0.3 is 0 Å². The molecular formula is C35H60. The van der Waals surface area contributed by atoms with Crippen LogP contribution in [0.1, 0.15) is 174 Å². The van der Waals surface area contributed by atoms with Crippen LogP contribution in [0, 0.1) is 0 Å². The summed E-state index contributed by atoms with van der Waals surface area (Å²) in [7, 11) is 0. The molecule has 0 heterocycles. The molecule has 200 valence electrons. The van der Waals surface area contributed by atoms with E-state index in [-0.39, 0.29) is 0 Å². The first kappa shape index (κ1) is 30.2. The Hall–Kier alpha value is -1.04. The van der Waals surface area contributed by atoms with Crippen molar-refractivity contribution in [3.63, 3.8) is 0 Å². The maximum atomic E-state index is 2.54. The first-order valence-electron chi connectivity index (χ1n) is 16.2. The van der Waals surface area contributed by atoms with E-state index in [4.69, 9.17) is 0 Å². The summed E-state index contributed by atoms with van der Waals surface area (Å²) in [6.07, 6.45) is 45.2. The van der Waals surface area contributed by atoms with Gasteiger partial charge in [-0.2, -0.15) is 0 Å². The zero-order valence-electron chi connectivity index (χ0n) is 24.0. The summed E-state index contributed by atoms with van der Waals surface area (Å²) in [6.45, 7) is 4.61. The van der Waals surface area contributed by atoms with Gasteiger partial charge in [0.25, 0.3) is 0 Å². The highest BCUT2D eigenvalue weighted by atomic mass is 14.2. The molecule has 0 N–H and O–H groups in total. The fraction of sp³-hybridized carbons (Fsp3) is 0.771. The average Bonchev–Trinajstić information content (AvgIpc) is 3.28. The van der Waals surface area contributed by atoms with Crippen molar-refractivity contribution in [3.05, 3.63) is 46.6 Å². The smallest absolute Gasteiger partial charge is 0.0126 e. The van der Waals surface area contributed by atoms with Gasteiger partial charge in [0.05, 0.1) is 0 Å². The molecule has 0 radical (unpaired) electrons. The summed E-state index contributed by atoms with van der Waals surface area (Å²) in [5.74, 6) is 0. The third-order valence-corrected chi connectivity index (χ3v) is 8.20. The lowest BCUT2D eigenvalue weighted by molar-refractivity contribution is 0.548. The van der Waals surface area contributed by atoms with E-state index in [9.17, 15) is 0 Å². The van der Waals surface area contributed by atoms with Gasteiger partial charge in [0.2, 0.25) is 0 Å². The van der Waals surface area contributed by atoms with Gasteiger partial charge in [-0.1, -0.05) is 172 Å². The standard InChI is InChI=1S/C35H60/c1-3-5-7-9-11-13-15-17-19-21-23-25-32-27-30-35-33(28-29-34(35)31-32)26-24-22-20-18-16-14-12-10-8-6-4-2/h28-31H,3-27H2,1-2H3. The summed E-state index contributed by atoms with van der Waals surface area (Å²) in [6, 6.07) is 0. The molecule has 0 aromatic heterocycles. The quantitative estimate of drug-likeness (QED) is 0.120. The van der Waals surface area contributed by atoms with Crippen molar-refractivity contribution in [1.29, 1.82) is 0 Å². The Bertz CT molecular complexity index is 641. The van der Waals surface area contributed by atoms with Gasteiger partial charge < -0.3 is 0 Å². The van der Waals surface area contributed by atoms with Crippen molar-refractivity contribution in [2.45, 2.75) is 174 Å². The van der Waals surface area contributed by atoms with Gasteiger partial charge in [0.15, 0.2) is 0 Å². The zero-order valence-corrected chi connectivity index (χ0v) is 24.0. The SMILES string of the molecule is CCCCCCCCCCCCCC1=CC2=CC=C(CCCCCCCCCCCCC)C2=CC1. The summed E-state index contributed by atoms with van der Waals surface area (Å²) in [5, 5.41) is 0. The summed E-state index contributed by atoms with van der Waals surface area (Å²) >= 11 is 0. The second kappa shape index (κ2) is 21.1. The molecule has 2 aliphatic carbocycles. The van der Waals surface area contributed by atoms with E-state index in [1.54, 1.807) is 16.7 Å². The maximum Gasteiger partial charge on any atom is -0.0126 e. The van der Waals surface area contributed by atoms with Gasteiger partial charge in [-0.15, -0.1) is 0 Å². The molecule has 0 bridgehead atoms. The van der Waals surface area contributed by atoms with E-state index in [0.29, 0.717) is 0 Å². The molecule has 0 heteroatoms. The molecule has 2 rings (SSSR count). The lowest BCUT2D eigenvalue weighted by Crippen LogP contribution is -1.97. The van der Waals surface area contributed by atoms with Gasteiger partial charge in [-0.3, -0.25) is 0 Å². The molecule has 0 saturated heterocycles. The monoisotopic (exact) mass is 480 g/mol. The number of hydrogen-bond acceptors (Lipinski definition) is 0. The number of fused-ring (bicyclic) bond motifs is 1. The molecule has 0 nitrogen and oxygen atoms in total. The van der Waals surface area contributed by atoms with Crippen molar-refractivity contribution in [1.82, 2.24) is 0 Å². The highest BCUT2D eigenvalue weighted by Gasteiger charge is 2.17. The molecule has 0 aromatic carbocycles. The van der Waals surface area contributed by atoms with E-state index in [1.165, 1.54) is 166 Å². The molecule has 0 unspecified atom stereocenters. The van der Waals surface area contributed by atoms with Crippen molar-refractivity contribution < 1.29 is 0 Å². The van der Waals surface area contributed by atoms with Crippen LogP contribution in [0.2, 0.25) is 0 Å². The van der Waals surface area contributed by atoms with Gasteiger partial charge in [0.1, 0.15) is 0 Å². The molecule has 2 aliphatic rings. The van der Waals surface area contributed by atoms with E-state index in [1.807, 2.05) is 0 Å². The minimum Gasteiger partial charge on any atom is -0.0723 e. The molecule has 35 heavy (non-hydrogen) atoms. The van der Waals surface area contributed by atoms with Crippen LogP contribution in [0.3, 0.4) is 0 Å². The number of allylic oxidation sites excluding steroid dienone is 8. The van der Waals surface area contributed by atoms with Gasteiger partial charge in [0, 0.05) is 0 Å². The summed E-state index contributed by atoms with van der Waals surface area (Å²) < 4.78 is 0. The maximum absolute atomic E-state index is 2.54. The van der Waals surface area contributed by atoms with Crippen LogP contribution in [0.5, 0.6) is 0 Å². The van der Waals surface area contributed by atoms with Crippen LogP contribution in [-0.4, -0.2) is 0 Å². The van der Waals surface area contributed by atoms with Crippen LogP contribution in [0.25, 0.3) is 0 Å². The molecule has 0 aliphatic heterocycles. The van der Waals surface area contributed by atoms with Crippen molar-refractivity contribution in [2.75, 3.05) is 0 Å². The summed E-state index contributed by atoms with van der Waals surface area (Å²) in [4.78, 5) is 0. The number of unbranched alkanes of at least 4 members (excludes halogenated alkanes) is 20. The fourth-order valence-corrected chi connectivity index (χ4v) is 5.83. The number of rotatable bonds is 24. The first-order chi connectivity index (χ1) is 17.3. The van der Waals surface area contributed by atoms with Crippen LogP contribution < -0.4 is 0 Å². The summed E-state index contributed by atoms with van der Waals surface area (Å²) in [5.41, 5.74) is 6.35. The topological polar surface area (TPSA) is 0 Å². The average molecular weight is 481 g/mol. The largest absolute Gasteiger partial charge is 0.0723 e. The highest BCUT2D eigenvalue weighted by molar-refractivity contribution is 5.62. The van der Waals surface area contributed by atoms with Crippen molar-refractivity contribution in [2.24, 2.45) is 0 Å². The second-order valence-electron chi connectivity index (χ2n) is 11.5. The van der Waals surface area contributed by atoms with Crippen molar-refractivity contribution in [3.8, 4) is 0 Å². The molecule has 0 spiro atoms. The Labute approximate surface area is 220 Å². The van der Waals surface area contributed by atoms with Crippen LogP contribution in [0.4, 0.5) is 0 Å². The highest BCUT2D eigenvalue weighted by Crippen LogP contribution is 2.36. The van der Waals surface area contributed by atoms with Gasteiger partial charge in [-0.05, 0) is 48.8 Å². The predicted molar refractivity (Wildman–Crippen MR) is 159 cm³/mol. The molecule has 0 atom stereocenters. The van der Waals surface area contributed by atoms with E-state index < -0.39 is 0 Å². The Morgan fingerprint density at radius 3 is 1.40 bits per heavy atom. The third kappa shape index (κ3) is 14.3. The number of hydrogen-bond donors (Lipinski definition) is 0. The molecular weight excluding hydrogens is 420 g/mol. The van der Waals surface area contributed by atoms with Crippen LogP contribution in [-0.2, 0) is 0 Å². The molecule has 0 amide bonds. The Morgan fingerprint density at radius 2 is 0.914 bits per heavy atom. The first-order valence-corrected chi connectivity index (χ1v) is 16.2. The van der Waals surface area contributed by atoms with Crippen LogP contribution in [0.15, 0.2) is 46.6 Å². The molecule has 0 saturated carbocycles. The van der Waals surface area contributed by atoms with Gasteiger partial charge in [-0.25, -0.2) is 0 Å². The second-order valence-corrected chi connectivity index (χ2v) is 11.5. The predicted octanol–water partition coefficient (Wildman–Crippen LogP) is 12.5. The Kier molecular flexibility index (Phi) is 18.2. The zero-order chi connectivity index (χ0) is 24.8. The third-order valence-electron chi connectivity index (χ3n) is 8.20. The van der Waals surface area contributed by atoms with E-state index >= 15 is 0 Å². The van der Waals surface area contributed by atoms with E-state index in [2.05, 4.69) is 38.2 Å². The molecule has 0 aromatic rings. The Morgan fingerprint density at radius 1 is 0.486 bits per heavy atom. The minimum absolute atomic E-state index is 1.19. The Balaban J connectivity index is 1.43. The molecule has 0 fully saturated rings.